The fraction of sp³-hybridized carbons (Fsp3) is 0. The summed E-state index contributed by atoms with van der Waals surface area (Å²) in [6.45, 7) is 0. The van der Waals surface area contributed by atoms with Crippen LogP contribution in [-0.4, -0.2) is 26.1 Å². The van der Waals surface area contributed by atoms with Gasteiger partial charge in [0, 0.05) is 21.8 Å². The van der Waals surface area contributed by atoms with Gasteiger partial charge in [0.05, 0.1) is 6.26 Å². The van der Waals surface area contributed by atoms with Crippen LogP contribution in [-0.2, 0) is 4.79 Å². The van der Waals surface area contributed by atoms with Crippen molar-refractivity contribution < 1.29 is 9.21 Å². The summed E-state index contributed by atoms with van der Waals surface area (Å²) < 4.78 is 7.63. The molecule has 8 heteroatoms. The number of anilines is 1. The number of hydrogen-bond donors (Lipinski definition) is 1. The predicted molar refractivity (Wildman–Crippen MR) is 109 cm³/mol. The van der Waals surface area contributed by atoms with Gasteiger partial charge in [-0.25, -0.2) is 0 Å². The zero-order valence-corrected chi connectivity index (χ0v) is 16.1. The van der Waals surface area contributed by atoms with Crippen LogP contribution in [0.2, 0.25) is 0 Å². The lowest BCUT2D eigenvalue weighted by molar-refractivity contribution is -0.111. The van der Waals surface area contributed by atoms with E-state index in [4.69, 9.17) is 4.42 Å². The summed E-state index contributed by atoms with van der Waals surface area (Å²) in [7, 11) is 0. The van der Waals surface area contributed by atoms with Crippen LogP contribution in [0.3, 0.4) is 0 Å². The van der Waals surface area contributed by atoms with Gasteiger partial charge >= 0.3 is 0 Å². The molecule has 0 aliphatic heterocycles. The number of hydrogen-bond acceptors (Lipinski definition) is 5. The fourth-order valence-electron chi connectivity index (χ4n) is 2.61. The lowest BCUT2D eigenvalue weighted by Crippen LogP contribution is -2.19. The SMILES string of the molecule is O=C(Nc1cccc(Br)c1)/C(=C\c1ccco1)n1nnnc1-c1ccccc1. The Hall–Kier alpha value is -3.52. The lowest BCUT2D eigenvalue weighted by Gasteiger charge is -2.10. The zero-order chi connectivity index (χ0) is 19.3. The maximum Gasteiger partial charge on any atom is 0.274 e. The van der Waals surface area contributed by atoms with Crippen LogP contribution in [0.25, 0.3) is 23.2 Å². The Morgan fingerprint density at radius 1 is 1.07 bits per heavy atom. The number of furan rings is 1. The molecule has 0 saturated heterocycles. The van der Waals surface area contributed by atoms with E-state index in [2.05, 4.69) is 36.8 Å². The van der Waals surface area contributed by atoms with Crippen LogP contribution in [0.15, 0.2) is 81.9 Å². The van der Waals surface area contributed by atoms with E-state index in [1.54, 1.807) is 30.3 Å². The average molecular weight is 436 g/mol. The van der Waals surface area contributed by atoms with Gasteiger partial charge in [0.15, 0.2) is 5.82 Å². The zero-order valence-electron chi connectivity index (χ0n) is 14.5. The van der Waals surface area contributed by atoms with E-state index in [1.807, 2.05) is 42.5 Å². The number of tetrazole rings is 1. The fourth-order valence-corrected chi connectivity index (χ4v) is 3.01. The van der Waals surface area contributed by atoms with Crippen molar-refractivity contribution in [1.29, 1.82) is 0 Å². The number of nitrogens with one attached hydrogen (secondary N) is 1. The van der Waals surface area contributed by atoms with Gasteiger partial charge in [0.1, 0.15) is 11.5 Å². The van der Waals surface area contributed by atoms with Crippen molar-refractivity contribution >= 4 is 39.3 Å². The molecule has 0 aliphatic rings. The molecule has 1 N–H and O–H groups in total. The topological polar surface area (TPSA) is 85.8 Å². The Morgan fingerprint density at radius 3 is 2.68 bits per heavy atom. The first-order valence-corrected chi connectivity index (χ1v) is 9.16. The van der Waals surface area contributed by atoms with Gasteiger partial charge < -0.3 is 9.73 Å². The van der Waals surface area contributed by atoms with Gasteiger partial charge in [0.25, 0.3) is 5.91 Å². The maximum absolute atomic E-state index is 13.1. The van der Waals surface area contributed by atoms with Crippen molar-refractivity contribution in [1.82, 2.24) is 20.2 Å². The summed E-state index contributed by atoms with van der Waals surface area (Å²) in [5.41, 5.74) is 1.64. The van der Waals surface area contributed by atoms with Crippen LogP contribution in [0.4, 0.5) is 5.69 Å². The number of carbonyl (C=O) groups is 1. The third-order valence-corrected chi connectivity index (χ3v) is 4.36. The highest BCUT2D eigenvalue weighted by molar-refractivity contribution is 9.10. The first-order valence-electron chi connectivity index (χ1n) is 8.37. The van der Waals surface area contributed by atoms with E-state index < -0.39 is 0 Å². The summed E-state index contributed by atoms with van der Waals surface area (Å²) in [6.07, 6.45) is 3.13. The Bertz CT molecular complexity index is 1120. The third-order valence-electron chi connectivity index (χ3n) is 3.87. The monoisotopic (exact) mass is 435 g/mol. The molecule has 7 nitrogen and oxygen atoms in total. The molecule has 2 aromatic heterocycles. The molecule has 4 aromatic rings. The summed E-state index contributed by atoms with van der Waals surface area (Å²) >= 11 is 3.40. The molecule has 2 heterocycles. The maximum atomic E-state index is 13.1. The van der Waals surface area contributed by atoms with Crippen LogP contribution in [0.1, 0.15) is 5.76 Å². The molecular formula is C20H14BrN5O2. The normalized spacial score (nSPS) is 11.4. The van der Waals surface area contributed by atoms with E-state index >= 15 is 0 Å². The molecule has 0 fully saturated rings. The average Bonchev–Trinajstić information content (AvgIpc) is 3.38. The Morgan fingerprint density at radius 2 is 1.93 bits per heavy atom. The van der Waals surface area contributed by atoms with Gasteiger partial charge in [-0.1, -0.05) is 52.3 Å². The largest absolute Gasteiger partial charge is 0.465 e. The summed E-state index contributed by atoms with van der Waals surface area (Å²) in [5, 5.41) is 14.7. The van der Waals surface area contributed by atoms with E-state index in [9.17, 15) is 4.79 Å². The lowest BCUT2D eigenvalue weighted by atomic mass is 10.2. The van der Waals surface area contributed by atoms with Gasteiger partial charge in [-0.2, -0.15) is 4.68 Å². The minimum absolute atomic E-state index is 0.221. The number of halogens is 1. The second-order valence-electron chi connectivity index (χ2n) is 5.79. The Kier molecular flexibility index (Phi) is 5.11. The Balaban J connectivity index is 1.76. The highest BCUT2D eigenvalue weighted by atomic mass is 79.9. The van der Waals surface area contributed by atoms with Gasteiger partial charge in [-0.05, 0) is 40.8 Å². The van der Waals surface area contributed by atoms with E-state index in [0.717, 1.165) is 10.0 Å². The van der Waals surface area contributed by atoms with Crippen molar-refractivity contribution in [2.75, 3.05) is 5.32 Å². The smallest absolute Gasteiger partial charge is 0.274 e. The molecule has 0 bridgehead atoms. The first kappa shape index (κ1) is 17.9. The summed E-state index contributed by atoms with van der Waals surface area (Å²) in [6, 6.07) is 20.2. The third kappa shape index (κ3) is 3.91. The number of aromatic nitrogens is 4. The number of nitrogens with zero attached hydrogens (tertiary/aromatic N) is 4. The second-order valence-corrected chi connectivity index (χ2v) is 6.71. The van der Waals surface area contributed by atoms with Gasteiger partial charge in [-0.3, -0.25) is 4.79 Å². The van der Waals surface area contributed by atoms with E-state index in [-0.39, 0.29) is 11.6 Å². The first-order chi connectivity index (χ1) is 13.7. The summed E-state index contributed by atoms with van der Waals surface area (Å²) in [5.74, 6) is 0.579. The minimum Gasteiger partial charge on any atom is -0.465 e. The predicted octanol–water partition coefficient (Wildman–Crippen LogP) is 4.33. The quantitative estimate of drug-likeness (QED) is 0.471. The van der Waals surface area contributed by atoms with Crippen molar-refractivity contribution in [3.63, 3.8) is 0 Å². The number of amides is 1. The molecule has 28 heavy (non-hydrogen) atoms. The molecule has 0 unspecified atom stereocenters. The number of rotatable bonds is 5. The molecule has 0 radical (unpaired) electrons. The standard InChI is InChI=1S/C20H14BrN5O2/c21-15-8-4-9-16(12-15)22-20(27)18(13-17-10-5-11-28-17)26-19(23-24-25-26)14-6-2-1-3-7-14/h1-13H,(H,22,27)/b18-13+. The van der Waals surface area contributed by atoms with Crippen molar-refractivity contribution in [3.05, 3.63) is 83.2 Å². The number of carbonyl (C=O) groups excluding carboxylic acids is 1. The minimum atomic E-state index is -0.376. The molecule has 1 amide bonds. The van der Waals surface area contributed by atoms with Crippen LogP contribution in [0, 0.1) is 0 Å². The molecule has 0 saturated carbocycles. The second kappa shape index (κ2) is 8.01. The number of benzene rings is 2. The van der Waals surface area contributed by atoms with E-state index in [1.165, 1.54) is 10.9 Å². The van der Waals surface area contributed by atoms with Crippen LogP contribution >= 0.6 is 15.9 Å². The molecule has 0 spiro atoms. The van der Waals surface area contributed by atoms with Crippen molar-refractivity contribution in [3.8, 4) is 11.4 Å². The van der Waals surface area contributed by atoms with Gasteiger partial charge in [0.2, 0.25) is 0 Å². The Labute approximate surface area is 168 Å². The highest BCUT2D eigenvalue weighted by Gasteiger charge is 2.20. The molecule has 4 rings (SSSR count). The van der Waals surface area contributed by atoms with E-state index in [0.29, 0.717) is 17.3 Å². The molecule has 138 valence electrons. The molecule has 0 atom stereocenters. The summed E-state index contributed by atoms with van der Waals surface area (Å²) in [4.78, 5) is 13.1. The van der Waals surface area contributed by atoms with Crippen LogP contribution in [0.5, 0.6) is 0 Å². The van der Waals surface area contributed by atoms with Crippen molar-refractivity contribution in [2.45, 2.75) is 0 Å². The molecular weight excluding hydrogens is 422 g/mol. The molecule has 2 aromatic carbocycles. The molecule has 0 aliphatic carbocycles. The van der Waals surface area contributed by atoms with Crippen molar-refractivity contribution in [2.24, 2.45) is 0 Å². The van der Waals surface area contributed by atoms with Crippen LogP contribution < -0.4 is 5.32 Å². The highest BCUT2D eigenvalue weighted by Crippen LogP contribution is 2.22. The van der Waals surface area contributed by atoms with Gasteiger partial charge in [-0.15, -0.1) is 5.10 Å².